The summed E-state index contributed by atoms with van der Waals surface area (Å²) in [6.07, 6.45) is 1.05. The molecule has 0 saturated heterocycles. The second-order valence-corrected chi connectivity index (χ2v) is 6.76. The molecule has 0 bridgehead atoms. The molecular weight excluding hydrogens is 339 g/mol. The summed E-state index contributed by atoms with van der Waals surface area (Å²) in [7, 11) is 0. The molecule has 0 aliphatic heterocycles. The normalized spacial score (nSPS) is 12.7. The lowest BCUT2D eigenvalue weighted by Crippen LogP contribution is -1.97. The van der Waals surface area contributed by atoms with Crippen molar-refractivity contribution in [3.8, 4) is 0 Å². The Kier molecular flexibility index (Phi) is 5.22. The highest BCUT2D eigenvalue weighted by atomic mass is 79.9. The molecule has 0 saturated carbocycles. The molecule has 20 heavy (non-hydrogen) atoms. The predicted octanol–water partition coefficient (Wildman–Crippen LogP) is 6.11. The van der Waals surface area contributed by atoms with E-state index >= 15 is 0 Å². The molecule has 0 fully saturated rings. The summed E-state index contributed by atoms with van der Waals surface area (Å²) in [5, 5.41) is -0.338. The van der Waals surface area contributed by atoms with Crippen molar-refractivity contribution in [1.29, 1.82) is 0 Å². The molecular formula is C17H17BrClF. The molecule has 0 amide bonds. The lowest BCUT2D eigenvalue weighted by Gasteiger charge is -2.12. The number of rotatable bonds is 4. The van der Waals surface area contributed by atoms with Crippen molar-refractivity contribution in [2.45, 2.75) is 25.6 Å². The molecule has 3 heteroatoms. The van der Waals surface area contributed by atoms with Gasteiger partial charge >= 0.3 is 0 Å². The van der Waals surface area contributed by atoms with Crippen LogP contribution in [0.3, 0.4) is 0 Å². The average Bonchev–Trinajstić information content (AvgIpc) is 2.37. The van der Waals surface area contributed by atoms with Gasteiger partial charge < -0.3 is 0 Å². The second kappa shape index (κ2) is 6.73. The third-order valence-corrected chi connectivity index (χ3v) is 4.06. The van der Waals surface area contributed by atoms with Crippen molar-refractivity contribution in [2.75, 3.05) is 0 Å². The summed E-state index contributed by atoms with van der Waals surface area (Å²) in [6, 6.07) is 13.0. The molecule has 0 spiro atoms. The average molecular weight is 356 g/mol. The van der Waals surface area contributed by atoms with Gasteiger partial charge in [0.2, 0.25) is 0 Å². The van der Waals surface area contributed by atoms with E-state index in [1.54, 1.807) is 0 Å². The molecule has 2 rings (SSSR count). The van der Waals surface area contributed by atoms with E-state index in [1.165, 1.54) is 17.7 Å². The van der Waals surface area contributed by atoms with Crippen molar-refractivity contribution in [3.05, 3.63) is 69.4 Å². The van der Waals surface area contributed by atoms with Gasteiger partial charge in [0.25, 0.3) is 0 Å². The molecule has 0 radical (unpaired) electrons. The summed E-state index contributed by atoms with van der Waals surface area (Å²) in [4.78, 5) is 0. The van der Waals surface area contributed by atoms with Crippen LogP contribution < -0.4 is 0 Å². The third-order valence-electron chi connectivity index (χ3n) is 3.09. The largest absolute Gasteiger partial charge is 0.207 e. The van der Waals surface area contributed by atoms with Crippen molar-refractivity contribution < 1.29 is 4.39 Å². The van der Waals surface area contributed by atoms with Crippen LogP contribution in [0.4, 0.5) is 4.39 Å². The van der Waals surface area contributed by atoms with Crippen LogP contribution >= 0.6 is 27.5 Å². The number of benzene rings is 2. The van der Waals surface area contributed by atoms with Gasteiger partial charge in [0.1, 0.15) is 5.82 Å². The Hall–Kier alpha value is -0.860. The van der Waals surface area contributed by atoms with E-state index in [1.807, 2.05) is 18.2 Å². The van der Waals surface area contributed by atoms with E-state index in [2.05, 4.69) is 41.9 Å². The van der Waals surface area contributed by atoms with E-state index < -0.39 is 0 Å². The highest BCUT2D eigenvalue weighted by Crippen LogP contribution is 2.31. The zero-order valence-corrected chi connectivity index (χ0v) is 13.9. The topological polar surface area (TPSA) is 0 Å². The fraction of sp³-hybridized carbons (Fsp3) is 0.294. The van der Waals surface area contributed by atoms with Crippen LogP contribution in [0.25, 0.3) is 0 Å². The van der Waals surface area contributed by atoms with Gasteiger partial charge in [0.05, 0.1) is 5.38 Å². The van der Waals surface area contributed by atoms with Crippen LogP contribution in [-0.4, -0.2) is 0 Å². The molecule has 2 aromatic carbocycles. The molecule has 106 valence electrons. The molecule has 1 unspecified atom stereocenters. The fourth-order valence-electron chi connectivity index (χ4n) is 2.21. The Morgan fingerprint density at radius 3 is 2.25 bits per heavy atom. The Morgan fingerprint density at radius 2 is 1.70 bits per heavy atom. The van der Waals surface area contributed by atoms with Gasteiger partial charge in [-0.25, -0.2) is 4.39 Å². The fourth-order valence-corrected chi connectivity index (χ4v) is 2.96. The maximum atomic E-state index is 13.4. The van der Waals surface area contributed by atoms with Crippen LogP contribution in [-0.2, 0) is 6.42 Å². The second-order valence-electron chi connectivity index (χ2n) is 5.40. The first-order valence-corrected chi connectivity index (χ1v) is 7.87. The Bertz CT molecular complexity index is 558. The zero-order chi connectivity index (χ0) is 14.7. The SMILES string of the molecule is CC(C)Cc1ccc(C(Cl)c2cc(F)cc(Br)c2)cc1. The van der Waals surface area contributed by atoms with Crippen molar-refractivity contribution in [3.63, 3.8) is 0 Å². The van der Waals surface area contributed by atoms with Gasteiger partial charge in [-0.15, -0.1) is 11.6 Å². The first-order valence-electron chi connectivity index (χ1n) is 6.64. The summed E-state index contributed by atoms with van der Waals surface area (Å²) < 4.78 is 14.1. The molecule has 2 aromatic rings. The van der Waals surface area contributed by atoms with Gasteiger partial charge in [-0.1, -0.05) is 54.0 Å². The summed E-state index contributed by atoms with van der Waals surface area (Å²) in [5.41, 5.74) is 3.04. The third kappa shape index (κ3) is 4.07. The monoisotopic (exact) mass is 354 g/mol. The lowest BCUT2D eigenvalue weighted by molar-refractivity contribution is 0.625. The van der Waals surface area contributed by atoms with Crippen LogP contribution in [0.2, 0.25) is 0 Å². The van der Waals surface area contributed by atoms with E-state index in [-0.39, 0.29) is 11.2 Å². The van der Waals surface area contributed by atoms with Crippen LogP contribution in [0.5, 0.6) is 0 Å². The standard InChI is InChI=1S/C17H17BrClF/c1-11(2)7-12-3-5-13(6-4-12)17(19)14-8-15(18)10-16(20)9-14/h3-6,8-11,17H,7H2,1-2H3. The van der Waals surface area contributed by atoms with Gasteiger partial charge in [0, 0.05) is 4.47 Å². The molecule has 0 aromatic heterocycles. The number of hydrogen-bond acceptors (Lipinski definition) is 0. The minimum absolute atomic E-state index is 0.281. The number of hydrogen-bond donors (Lipinski definition) is 0. The lowest BCUT2D eigenvalue weighted by atomic mass is 9.99. The highest BCUT2D eigenvalue weighted by Gasteiger charge is 2.12. The van der Waals surface area contributed by atoms with Gasteiger partial charge in [0.15, 0.2) is 0 Å². The molecule has 0 N–H and O–H groups in total. The van der Waals surface area contributed by atoms with Gasteiger partial charge in [-0.05, 0) is 47.2 Å². The summed E-state index contributed by atoms with van der Waals surface area (Å²) >= 11 is 9.74. The molecule has 1 atom stereocenters. The maximum Gasteiger partial charge on any atom is 0.124 e. The first-order chi connectivity index (χ1) is 9.45. The smallest absolute Gasteiger partial charge is 0.124 e. The Labute approximate surface area is 133 Å². The number of halogens is 3. The Balaban J connectivity index is 2.22. The minimum atomic E-state index is -0.338. The molecule has 0 heterocycles. The van der Waals surface area contributed by atoms with E-state index in [0.717, 1.165) is 17.5 Å². The van der Waals surface area contributed by atoms with E-state index in [0.29, 0.717) is 10.4 Å². The predicted molar refractivity (Wildman–Crippen MR) is 86.8 cm³/mol. The summed E-state index contributed by atoms with van der Waals surface area (Å²) in [5.74, 6) is 0.350. The van der Waals surface area contributed by atoms with E-state index in [4.69, 9.17) is 11.6 Å². The number of alkyl halides is 1. The first kappa shape index (κ1) is 15.5. The Morgan fingerprint density at radius 1 is 1.05 bits per heavy atom. The maximum absolute atomic E-state index is 13.4. The van der Waals surface area contributed by atoms with Crippen LogP contribution in [0.1, 0.15) is 35.9 Å². The van der Waals surface area contributed by atoms with Crippen LogP contribution in [0.15, 0.2) is 46.9 Å². The molecule has 0 nitrogen and oxygen atoms in total. The van der Waals surface area contributed by atoms with Crippen molar-refractivity contribution >= 4 is 27.5 Å². The quantitative estimate of drug-likeness (QED) is 0.580. The van der Waals surface area contributed by atoms with E-state index in [9.17, 15) is 4.39 Å². The minimum Gasteiger partial charge on any atom is -0.207 e. The van der Waals surface area contributed by atoms with Crippen LogP contribution in [0, 0.1) is 11.7 Å². The van der Waals surface area contributed by atoms with Crippen molar-refractivity contribution in [1.82, 2.24) is 0 Å². The zero-order valence-electron chi connectivity index (χ0n) is 11.5. The highest BCUT2D eigenvalue weighted by molar-refractivity contribution is 9.10. The summed E-state index contributed by atoms with van der Waals surface area (Å²) in [6.45, 7) is 4.39. The molecule has 0 aliphatic rings. The van der Waals surface area contributed by atoms with Crippen molar-refractivity contribution in [2.24, 2.45) is 5.92 Å². The van der Waals surface area contributed by atoms with Gasteiger partial charge in [-0.3, -0.25) is 0 Å². The molecule has 0 aliphatic carbocycles. The van der Waals surface area contributed by atoms with Gasteiger partial charge in [-0.2, -0.15) is 0 Å².